The van der Waals surface area contributed by atoms with E-state index >= 15 is 0 Å². The number of nitrogens with zero attached hydrogens (tertiary/aromatic N) is 1. The van der Waals surface area contributed by atoms with E-state index < -0.39 is 11.8 Å². The molecule has 3 heterocycles. The number of hydrogen-bond donors (Lipinski definition) is 2. The van der Waals surface area contributed by atoms with E-state index in [0.29, 0.717) is 22.0 Å². The maximum Gasteiger partial charge on any atom is 0.291 e. The number of furan rings is 2. The van der Waals surface area contributed by atoms with Crippen molar-refractivity contribution in [3.05, 3.63) is 113 Å². The highest BCUT2D eigenvalue weighted by atomic mass is 32.2. The molecule has 3 amide bonds. The van der Waals surface area contributed by atoms with Crippen LogP contribution in [0, 0.1) is 6.92 Å². The molecule has 0 saturated carbocycles. The molecule has 2 aromatic carbocycles. The lowest BCUT2D eigenvalue weighted by Gasteiger charge is -2.13. The minimum absolute atomic E-state index is 0.0209. The molecule has 0 bridgehead atoms. The molecule has 9 heteroatoms. The van der Waals surface area contributed by atoms with Crippen molar-refractivity contribution in [2.75, 3.05) is 10.6 Å². The molecule has 0 aliphatic carbocycles. The summed E-state index contributed by atoms with van der Waals surface area (Å²) in [5.41, 5.74) is 2.48. The highest BCUT2D eigenvalue weighted by Gasteiger charge is 2.39. The van der Waals surface area contributed by atoms with Gasteiger partial charge < -0.3 is 19.5 Å². The minimum atomic E-state index is -0.443. The molecule has 0 unspecified atom stereocenters. The molecule has 5 rings (SSSR count). The fraction of sp³-hybridized carbons (Fsp3) is 0.0741. The fourth-order valence-electron chi connectivity index (χ4n) is 3.60. The number of aryl methyl sites for hydroxylation is 1. The van der Waals surface area contributed by atoms with E-state index in [9.17, 15) is 14.4 Å². The van der Waals surface area contributed by atoms with Gasteiger partial charge in [0.2, 0.25) is 0 Å². The third-order valence-electron chi connectivity index (χ3n) is 5.40. The second-order valence-electron chi connectivity index (χ2n) is 8.03. The Balaban J connectivity index is 1.42. The van der Waals surface area contributed by atoms with Crippen LogP contribution < -0.4 is 10.6 Å². The highest BCUT2D eigenvalue weighted by Crippen LogP contribution is 2.37. The molecule has 180 valence electrons. The molecular weight excluding hydrogens is 478 g/mol. The van der Waals surface area contributed by atoms with Gasteiger partial charge in [0, 0.05) is 16.3 Å². The molecule has 0 atom stereocenters. The molecule has 0 fully saturated rings. The number of nitrogens with one attached hydrogen (secondary N) is 2. The number of carbonyl (C=O) groups is 3. The van der Waals surface area contributed by atoms with Crippen molar-refractivity contribution in [3.63, 3.8) is 0 Å². The van der Waals surface area contributed by atoms with Crippen molar-refractivity contribution in [3.8, 4) is 0 Å². The van der Waals surface area contributed by atoms with E-state index in [1.165, 1.54) is 12.5 Å². The van der Waals surface area contributed by atoms with Gasteiger partial charge in [0.05, 0.1) is 19.1 Å². The lowest BCUT2D eigenvalue weighted by Crippen LogP contribution is -2.31. The molecular formula is C27H21N3O5S. The molecule has 0 saturated heterocycles. The Morgan fingerprint density at radius 2 is 1.67 bits per heavy atom. The quantitative estimate of drug-likeness (QED) is 0.312. The molecule has 0 radical (unpaired) electrons. The Kier molecular flexibility index (Phi) is 6.46. The van der Waals surface area contributed by atoms with Crippen LogP contribution in [0.15, 0.2) is 110 Å². The zero-order valence-corrected chi connectivity index (χ0v) is 20.0. The predicted octanol–water partition coefficient (Wildman–Crippen LogP) is 5.42. The number of rotatable bonds is 8. The normalized spacial score (nSPS) is 13.4. The molecule has 1 aliphatic heterocycles. The largest absolute Gasteiger partial charge is 0.467 e. The number of amides is 3. The van der Waals surface area contributed by atoms with Crippen LogP contribution in [0.5, 0.6) is 0 Å². The van der Waals surface area contributed by atoms with Crippen LogP contribution in [0.3, 0.4) is 0 Å². The maximum absolute atomic E-state index is 13.4. The first-order valence-corrected chi connectivity index (χ1v) is 11.9. The van der Waals surface area contributed by atoms with Crippen LogP contribution in [0.25, 0.3) is 0 Å². The number of thioether (sulfide) groups is 1. The topological polar surface area (TPSA) is 105 Å². The van der Waals surface area contributed by atoms with Gasteiger partial charge in [0.25, 0.3) is 17.7 Å². The first-order valence-electron chi connectivity index (χ1n) is 11.1. The van der Waals surface area contributed by atoms with Crippen molar-refractivity contribution in [2.24, 2.45) is 0 Å². The van der Waals surface area contributed by atoms with Crippen LogP contribution in [-0.2, 0) is 16.1 Å². The van der Waals surface area contributed by atoms with Crippen molar-refractivity contribution < 1.29 is 23.2 Å². The van der Waals surface area contributed by atoms with Gasteiger partial charge in [0.1, 0.15) is 16.4 Å². The van der Waals surface area contributed by atoms with Crippen LogP contribution >= 0.6 is 11.8 Å². The van der Waals surface area contributed by atoms with E-state index in [2.05, 4.69) is 10.6 Å². The van der Waals surface area contributed by atoms with Crippen molar-refractivity contribution in [2.45, 2.75) is 18.4 Å². The summed E-state index contributed by atoms with van der Waals surface area (Å²) in [6.45, 7) is 1.99. The summed E-state index contributed by atoms with van der Waals surface area (Å²) in [6, 6.07) is 21.2. The highest BCUT2D eigenvalue weighted by molar-refractivity contribution is 8.04. The van der Waals surface area contributed by atoms with Gasteiger partial charge in [0.15, 0.2) is 5.76 Å². The van der Waals surface area contributed by atoms with E-state index in [1.54, 1.807) is 48.5 Å². The van der Waals surface area contributed by atoms with Gasteiger partial charge in [-0.05, 0) is 61.5 Å². The Morgan fingerprint density at radius 1 is 0.889 bits per heavy atom. The predicted molar refractivity (Wildman–Crippen MR) is 135 cm³/mol. The number of benzene rings is 2. The maximum atomic E-state index is 13.4. The summed E-state index contributed by atoms with van der Waals surface area (Å²) < 4.78 is 10.5. The smallest absolute Gasteiger partial charge is 0.291 e. The standard InChI is InChI=1S/C27H21N3O5S/c1-17-9-11-18(12-10-17)28-23-24(27(33)30(26(23)32)16-20-6-3-13-34-20)36-21-7-2-5-19(15-21)29-25(31)22-8-4-14-35-22/h2-15,28H,16H2,1H3,(H,29,31). The van der Waals surface area contributed by atoms with Crippen molar-refractivity contribution >= 4 is 40.9 Å². The van der Waals surface area contributed by atoms with Gasteiger partial charge >= 0.3 is 0 Å². The van der Waals surface area contributed by atoms with Crippen molar-refractivity contribution in [1.82, 2.24) is 4.90 Å². The molecule has 36 heavy (non-hydrogen) atoms. The number of imide groups is 1. The Hall–Kier alpha value is -4.50. The minimum Gasteiger partial charge on any atom is -0.467 e. The fourth-order valence-corrected chi connectivity index (χ4v) is 4.60. The summed E-state index contributed by atoms with van der Waals surface area (Å²) in [5, 5.41) is 5.90. The lowest BCUT2D eigenvalue weighted by molar-refractivity contribution is -0.138. The summed E-state index contributed by atoms with van der Waals surface area (Å²) in [7, 11) is 0. The zero-order chi connectivity index (χ0) is 25.1. The SMILES string of the molecule is Cc1ccc(NC2=C(Sc3cccc(NC(=O)c4ccco4)c3)C(=O)N(Cc3ccco3)C2=O)cc1. The summed E-state index contributed by atoms with van der Waals surface area (Å²) in [5.74, 6) is -0.576. The second-order valence-corrected chi connectivity index (χ2v) is 9.12. The molecule has 4 aromatic rings. The van der Waals surface area contributed by atoms with Gasteiger partial charge in [-0.1, -0.05) is 35.5 Å². The van der Waals surface area contributed by atoms with Crippen LogP contribution in [0.1, 0.15) is 21.9 Å². The first-order chi connectivity index (χ1) is 17.5. The lowest BCUT2D eigenvalue weighted by atomic mass is 10.2. The van der Waals surface area contributed by atoms with Gasteiger partial charge in [-0.2, -0.15) is 0 Å². The van der Waals surface area contributed by atoms with Gasteiger partial charge in [-0.15, -0.1) is 0 Å². The van der Waals surface area contributed by atoms with Crippen LogP contribution in [0.2, 0.25) is 0 Å². The van der Waals surface area contributed by atoms with Gasteiger partial charge in [-0.3, -0.25) is 19.3 Å². The molecule has 8 nitrogen and oxygen atoms in total. The van der Waals surface area contributed by atoms with E-state index in [4.69, 9.17) is 8.83 Å². The Morgan fingerprint density at radius 3 is 2.39 bits per heavy atom. The van der Waals surface area contributed by atoms with Gasteiger partial charge in [-0.25, -0.2) is 0 Å². The van der Waals surface area contributed by atoms with Crippen molar-refractivity contribution in [1.29, 1.82) is 0 Å². The summed E-state index contributed by atoms with van der Waals surface area (Å²) in [6.07, 6.45) is 2.92. The Labute approximate surface area is 211 Å². The molecule has 2 aromatic heterocycles. The van der Waals surface area contributed by atoms with Crippen LogP contribution in [-0.4, -0.2) is 22.6 Å². The average Bonchev–Trinajstić information content (AvgIpc) is 3.63. The molecule has 0 spiro atoms. The monoisotopic (exact) mass is 499 g/mol. The third-order valence-corrected chi connectivity index (χ3v) is 6.47. The summed E-state index contributed by atoms with van der Waals surface area (Å²) in [4.78, 5) is 41.1. The van der Waals surface area contributed by atoms with E-state index in [0.717, 1.165) is 22.2 Å². The van der Waals surface area contributed by atoms with E-state index in [1.807, 2.05) is 31.2 Å². The number of carbonyl (C=O) groups excluding carboxylic acids is 3. The number of hydrogen-bond acceptors (Lipinski definition) is 7. The van der Waals surface area contributed by atoms with E-state index in [-0.39, 0.29) is 28.8 Å². The molecule has 2 N–H and O–H groups in total. The molecule has 1 aliphatic rings. The summed E-state index contributed by atoms with van der Waals surface area (Å²) >= 11 is 1.15. The number of anilines is 2. The second kappa shape index (κ2) is 10.0. The van der Waals surface area contributed by atoms with Crippen LogP contribution in [0.4, 0.5) is 11.4 Å². The first kappa shape index (κ1) is 23.3. The zero-order valence-electron chi connectivity index (χ0n) is 19.2. The Bertz CT molecular complexity index is 1440. The average molecular weight is 500 g/mol. The third kappa shape index (κ3) is 4.96.